The van der Waals surface area contributed by atoms with Crippen LogP contribution < -0.4 is 21.7 Å². The Labute approximate surface area is 127 Å². The monoisotopic (exact) mass is 315 g/mol. The number of primary amides is 1. The molecule has 5 N–H and O–H groups in total. The summed E-state index contributed by atoms with van der Waals surface area (Å²) in [4.78, 5) is 29.0. The number of nitrogens with one attached hydrogen (secondary N) is 1. The Morgan fingerprint density at radius 1 is 1.48 bits per heavy atom. The molecule has 0 saturated heterocycles. The van der Waals surface area contributed by atoms with Gasteiger partial charge in [-0.3, -0.25) is 9.59 Å². The number of rotatable bonds is 9. The van der Waals surface area contributed by atoms with Gasteiger partial charge in [0, 0.05) is 20.1 Å². The van der Waals surface area contributed by atoms with Gasteiger partial charge >= 0.3 is 0 Å². The van der Waals surface area contributed by atoms with Crippen LogP contribution in [0.3, 0.4) is 0 Å². The quantitative estimate of drug-likeness (QED) is 0.542. The van der Waals surface area contributed by atoms with Crippen LogP contribution in [-0.4, -0.2) is 50.1 Å². The van der Waals surface area contributed by atoms with Crippen molar-refractivity contribution in [3.8, 4) is 0 Å². The number of amides is 2. The van der Waals surface area contributed by atoms with Gasteiger partial charge in [0.2, 0.25) is 5.91 Å². The van der Waals surface area contributed by atoms with Crippen LogP contribution in [0.2, 0.25) is 0 Å². The van der Waals surface area contributed by atoms with Crippen molar-refractivity contribution in [3.63, 3.8) is 0 Å². The number of ether oxygens (including phenoxy) is 1. The second-order valence-corrected chi connectivity index (χ2v) is 5.38. The SMILES string of the molecule is CCCN(C)c1nc(N)c(C(=O)NCCOCC(N)=O)s1. The second kappa shape index (κ2) is 8.42. The number of nitrogens with zero attached hydrogens (tertiary/aromatic N) is 2. The molecule has 8 nitrogen and oxygen atoms in total. The number of anilines is 2. The maximum absolute atomic E-state index is 12.0. The van der Waals surface area contributed by atoms with Crippen LogP contribution in [0.5, 0.6) is 0 Å². The lowest BCUT2D eigenvalue weighted by Gasteiger charge is -2.13. The molecule has 1 rings (SSSR count). The Morgan fingerprint density at radius 2 is 2.19 bits per heavy atom. The maximum Gasteiger partial charge on any atom is 0.265 e. The van der Waals surface area contributed by atoms with Gasteiger partial charge in [0.25, 0.3) is 5.91 Å². The van der Waals surface area contributed by atoms with E-state index < -0.39 is 5.91 Å². The summed E-state index contributed by atoms with van der Waals surface area (Å²) in [5.41, 5.74) is 10.7. The molecule has 118 valence electrons. The van der Waals surface area contributed by atoms with E-state index in [1.165, 1.54) is 11.3 Å². The van der Waals surface area contributed by atoms with E-state index in [2.05, 4.69) is 17.2 Å². The van der Waals surface area contributed by atoms with Gasteiger partial charge < -0.3 is 26.4 Å². The van der Waals surface area contributed by atoms with Crippen LogP contribution >= 0.6 is 11.3 Å². The lowest BCUT2D eigenvalue weighted by molar-refractivity contribution is -0.122. The van der Waals surface area contributed by atoms with Gasteiger partial charge in [-0.05, 0) is 6.42 Å². The van der Waals surface area contributed by atoms with Crippen LogP contribution in [0.4, 0.5) is 10.9 Å². The summed E-state index contributed by atoms with van der Waals surface area (Å²) in [5, 5.41) is 3.37. The van der Waals surface area contributed by atoms with Crippen LogP contribution in [0.15, 0.2) is 0 Å². The van der Waals surface area contributed by atoms with Gasteiger partial charge in [-0.1, -0.05) is 18.3 Å². The summed E-state index contributed by atoms with van der Waals surface area (Å²) in [5.74, 6) is -0.631. The molecule has 0 aromatic carbocycles. The summed E-state index contributed by atoms with van der Waals surface area (Å²) < 4.78 is 4.95. The van der Waals surface area contributed by atoms with Crippen LogP contribution in [0.25, 0.3) is 0 Å². The molecular weight excluding hydrogens is 294 g/mol. The number of carbonyl (C=O) groups is 2. The van der Waals surface area contributed by atoms with Crippen LogP contribution in [-0.2, 0) is 9.53 Å². The van der Waals surface area contributed by atoms with Crippen molar-refractivity contribution in [1.82, 2.24) is 10.3 Å². The predicted molar refractivity (Wildman–Crippen MR) is 82.4 cm³/mol. The molecule has 0 spiro atoms. The highest BCUT2D eigenvalue weighted by molar-refractivity contribution is 7.18. The lowest BCUT2D eigenvalue weighted by atomic mass is 10.4. The molecule has 0 atom stereocenters. The normalized spacial score (nSPS) is 10.4. The first-order valence-corrected chi connectivity index (χ1v) is 7.39. The first-order valence-electron chi connectivity index (χ1n) is 6.57. The van der Waals surface area contributed by atoms with Crippen molar-refractivity contribution in [1.29, 1.82) is 0 Å². The minimum Gasteiger partial charge on any atom is -0.382 e. The zero-order chi connectivity index (χ0) is 15.8. The highest BCUT2D eigenvalue weighted by Crippen LogP contribution is 2.27. The number of hydrogen-bond acceptors (Lipinski definition) is 7. The minimum absolute atomic E-state index is 0.162. The smallest absolute Gasteiger partial charge is 0.265 e. The molecule has 21 heavy (non-hydrogen) atoms. The van der Waals surface area contributed by atoms with Crippen LogP contribution in [0.1, 0.15) is 23.0 Å². The summed E-state index contributed by atoms with van der Waals surface area (Å²) >= 11 is 1.25. The minimum atomic E-state index is -0.545. The maximum atomic E-state index is 12.0. The van der Waals surface area contributed by atoms with Crippen molar-refractivity contribution >= 4 is 34.1 Å². The van der Waals surface area contributed by atoms with Crippen molar-refractivity contribution in [2.75, 3.05) is 44.0 Å². The van der Waals surface area contributed by atoms with Crippen molar-refractivity contribution in [3.05, 3.63) is 4.88 Å². The number of thiazole rings is 1. The molecule has 0 aliphatic heterocycles. The third-order valence-corrected chi connectivity index (χ3v) is 3.69. The molecular formula is C12H21N5O3S. The summed E-state index contributed by atoms with van der Waals surface area (Å²) in [7, 11) is 1.90. The van der Waals surface area contributed by atoms with Crippen molar-refractivity contribution in [2.45, 2.75) is 13.3 Å². The van der Waals surface area contributed by atoms with Gasteiger partial charge in [-0.15, -0.1) is 0 Å². The third kappa shape index (κ3) is 5.56. The van der Waals surface area contributed by atoms with E-state index in [1.54, 1.807) is 0 Å². The molecule has 9 heteroatoms. The molecule has 0 fully saturated rings. The fourth-order valence-corrected chi connectivity index (χ4v) is 2.46. The Balaban J connectivity index is 2.48. The van der Waals surface area contributed by atoms with Crippen molar-refractivity contribution < 1.29 is 14.3 Å². The Kier molecular flexibility index (Phi) is 6.89. The summed E-state index contributed by atoms with van der Waals surface area (Å²) in [6, 6.07) is 0. The number of nitrogens with two attached hydrogens (primary N) is 2. The number of nitrogen functional groups attached to an aromatic ring is 1. The standard InChI is InChI=1S/C12H21N5O3S/c1-3-5-17(2)12-16-10(14)9(21-12)11(19)15-4-6-20-7-8(13)18/h3-7,14H2,1-2H3,(H2,13,18)(H,15,19). The Hall–Kier alpha value is -1.87. The summed E-state index contributed by atoms with van der Waals surface area (Å²) in [6.45, 7) is 3.21. The van der Waals surface area contributed by atoms with Gasteiger partial charge in [0.05, 0.1) is 6.61 Å². The van der Waals surface area contributed by atoms with E-state index in [9.17, 15) is 9.59 Å². The molecule has 0 aliphatic carbocycles. The number of hydrogen-bond donors (Lipinski definition) is 3. The molecule has 0 radical (unpaired) electrons. The van der Waals surface area contributed by atoms with Gasteiger partial charge in [0.15, 0.2) is 5.13 Å². The average molecular weight is 315 g/mol. The first-order chi connectivity index (χ1) is 9.95. The molecule has 0 bridgehead atoms. The van der Waals surface area contributed by atoms with E-state index >= 15 is 0 Å². The highest BCUT2D eigenvalue weighted by Gasteiger charge is 2.17. The molecule has 1 aromatic rings. The predicted octanol–water partition coefficient (Wildman–Crippen LogP) is -0.197. The fraction of sp³-hybridized carbons (Fsp3) is 0.583. The molecule has 2 amide bonds. The van der Waals surface area contributed by atoms with Gasteiger partial charge in [0.1, 0.15) is 17.3 Å². The average Bonchev–Trinajstić information content (AvgIpc) is 2.80. The second-order valence-electron chi connectivity index (χ2n) is 4.41. The zero-order valence-electron chi connectivity index (χ0n) is 12.2. The summed E-state index contributed by atoms with van der Waals surface area (Å²) in [6.07, 6.45) is 0.981. The molecule has 0 unspecified atom stereocenters. The van der Waals surface area contributed by atoms with E-state index in [0.29, 0.717) is 10.0 Å². The zero-order valence-corrected chi connectivity index (χ0v) is 13.0. The topological polar surface area (TPSA) is 124 Å². The lowest BCUT2D eigenvalue weighted by Crippen LogP contribution is -2.28. The van der Waals surface area contributed by atoms with Crippen molar-refractivity contribution in [2.24, 2.45) is 5.73 Å². The van der Waals surface area contributed by atoms with E-state index in [-0.39, 0.29) is 31.5 Å². The van der Waals surface area contributed by atoms with E-state index in [0.717, 1.165) is 13.0 Å². The first kappa shape index (κ1) is 17.2. The third-order valence-electron chi connectivity index (χ3n) is 2.51. The Bertz CT molecular complexity index is 491. The molecule has 0 saturated carbocycles. The molecule has 1 heterocycles. The van der Waals surface area contributed by atoms with Gasteiger partial charge in [-0.25, -0.2) is 4.98 Å². The molecule has 0 aliphatic rings. The van der Waals surface area contributed by atoms with Gasteiger partial charge in [-0.2, -0.15) is 0 Å². The molecule has 1 aromatic heterocycles. The Morgan fingerprint density at radius 3 is 2.81 bits per heavy atom. The van der Waals surface area contributed by atoms with E-state index in [4.69, 9.17) is 16.2 Å². The van der Waals surface area contributed by atoms with Crippen LogP contribution in [0, 0.1) is 0 Å². The number of carbonyl (C=O) groups excluding carboxylic acids is 2. The highest BCUT2D eigenvalue weighted by atomic mass is 32.1. The van der Waals surface area contributed by atoms with E-state index in [1.807, 2.05) is 11.9 Å². The fourth-order valence-electron chi connectivity index (χ4n) is 1.57. The largest absolute Gasteiger partial charge is 0.382 e. The number of aromatic nitrogens is 1.